The molecule has 0 bridgehead atoms. The third kappa shape index (κ3) is 1.36. The molecular formula is C17H17NO2. The average molecular weight is 267 g/mol. The van der Waals surface area contributed by atoms with Crippen LogP contribution in [0, 0.1) is 23.7 Å². The summed E-state index contributed by atoms with van der Waals surface area (Å²) in [5.41, 5.74) is 4.07. The van der Waals surface area contributed by atoms with Crippen molar-refractivity contribution in [3.05, 3.63) is 35.4 Å². The number of fused-ring (bicyclic) bond motifs is 3. The van der Waals surface area contributed by atoms with Crippen LogP contribution in [0.25, 0.3) is 0 Å². The number of oxime groups is 1. The molecule has 1 aromatic rings. The van der Waals surface area contributed by atoms with Crippen LogP contribution >= 0.6 is 0 Å². The minimum absolute atomic E-state index is 0.0296. The standard InChI is InChI=1S/C17H17NO2/c19-17-15(16(18-20-17)9-5-6-9)14-8-13-11-4-2-1-3-10(11)7-12(13)14/h1-4,9,12-15H,5-8H2/t12-,13+,14+,15?/m1/s1. The minimum Gasteiger partial charge on any atom is -0.318 e. The third-order valence-corrected chi connectivity index (χ3v) is 5.74. The molecule has 5 rings (SSSR count). The van der Waals surface area contributed by atoms with Gasteiger partial charge in [-0.2, -0.15) is 0 Å². The lowest BCUT2D eigenvalue weighted by Gasteiger charge is -2.43. The van der Waals surface area contributed by atoms with Gasteiger partial charge in [0.25, 0.3) is 0 Å². The van der Waals surface area contributed by atoms with E-state index in [-0.39, 0.29) is 11.9 Å². The Morgan fingerprint density at radius 3 is 2.85 bits per heavy atom. The summed E-state index contributed by atoms with van der Waals surface area (Å²) in [6.07, 6.45) is 4.64. The van der Waals surface area contributed by atoms with Gasteiger partial charge in [-0.1, -0.05) is 29.4 Å². The van der Waals surface area contributed by atoms with E-state index in [0.717, 1.165) is 18.6 Å². The Balaban J connectivity index is 1.43. The molecule has 4 atom stereocenters. The first-order valence-electron chi connectivity index (χ1n) is 7.69. The summed E-state index contributed by atoms with van der Waals surface area (Å²) in [5, 5.41) is 4.09. The second-order valence-electron chi connectivity index (χ2n) is 6.75. The fourth-order valence-electron chi connectivity index (χ4n) is 4.55. The molecule has 1 unspecified atom stereocenters. The van der Waals surface area contributed by atoms with Crippen molar-refractivity contribution in [2.24, 2.45) is 28.8 Å². The van der Waals surface area contributed by atoms with E-state index in [2.05, 4.69) is 29.4 Å². The van der Waals surface area contributed by atoms with Gasteiger partial charge in [-0.25, -0.2) is 4.79 Å². The quantitative estimate of drug-likeness (QED) is 0.773. The highest BCUT2D eigenvalue weighted by Crippen LogP contribution is 2.58. The van der Waals surface area contributed by atoms with Crippen LogP contribution in [0.1, 0.15) is 36.3 Å². The molecule has 0 N–H and O–H groups in total. The number of rotatable bonds is 2. The topological polar surface area (TPSA) is 38.7 Å². The van der Waals surface area contributed by atoms with Crippen LogP contribution in [0.5, 0.6) is 0 Å². The predicted molar refractivity (Wildman–Crippen MR) is 74.2 cm³/mol. The number of nitrogens with zero attached hydrogens (tertiary/aromatic N) is 1. The normalized spacial score (nSPS) is 37.8. The summed E-state index contributed by atoms with van der Waals surface area (Å²) < 4.78 is 0. The van der Waals surface area contributed by atoms with E-state index >= 15 is 0 Å². The zero-order valence-electron chi connectivity index (χ0n) is 11.3. The first-order chi connectivity index (χ1) is 9.83. The van der Waals surface area contributed by atoms with Crippen molar-refractivity contribution in [1.82, 2.24) is 0 Å². The maximum atomic E-state index is 12.1. The SMILES string of the molecule is O=C1ON=C(C2CC2)C1[C@H]1C[C@H]2c3ccccc3C[C@@H]12. The molecule has 1 aromatic carbocycles. The third-order valence-electron chi connectivity index (χ3n) is 5.74. The van der Waals surface area contributed by atoms with Gasteiger partial charge in [-0.3, -0.25) is 0 Å². The van der Waals surface area contributed by atoms with Gasteiger partial charge in [0.05, 0.1) is 5.71 Å². The van der Waals surface area contributed by atoms with E-state index in [9.17, 15) is 4.79 Å². The Morgan fingerprint density at radius 1 is 1.15 bits per heavy atom. The Morgan fingerprint density at radius 2 is 2.00 bits per heavy atom. The number of carbonyl (C=O) groups excluding carboxylic acids is 1. The maximum Gasteiger partial charge on any atom is 0.344 e. The first kappa shape index (κ1) is 11.1. The molecule has 0 spiro atoms. The monoisotopic (exact) mass is 267 g/mol. The molecule has 2 saturated carbocycles. The molecule has 4 aliphatic rings. The summed E-state index contributed by atoms with van der Waals surface area (Å²) in [5.74, 6) is 2.18. The summed E-state index contributed by atoms with van der Waals surface area (Å²) in [6, 6.07) is 8.77. The lowest BCUT2D eigenvalue weighted by molar-refractivity contribution is -0.146. The van der Waals surface area contributed by atoms with Crippen molar-refractivity contribution in [2.45, 2.75) is 31.6 Å². The molecule has 0 amide bonds. The van der Waals surface area contributed by atoms with Crippen LogP contribution in [0.4, 0.5) is 0 Å². The largest absolute Gasteiger partial charge is 0.344 e. The van der Waals surface area contributed by atoms with Gasteiger partial charge < -0.3 is 4.84 Å². The van der Waals surface area contributed by atoms with Crippen LogP contribution in [-0.2, 0) is 16.1 Å². The molecule has 20 heavy (non-hydrogen) atoms. The molecule has 0 aromatic heterocycles. The van der Waals surface area contributed by atoms with E-state index in [1.165, 1.54) is 24.0 Å². The summed E-state index contributed by atoms with van der Waals surface area (Å²) in [6.45, 7) is 0. The molecule has 102 valence electrons. The lowest BCUT2D eigenvalue weighted by Crippen LogP contribution is -2.43. The van der Waals surface area contributed by atoms with Crippen molar-refractivity contribution >= 4 is 11.7 Å². The predicted octanol–water partition coefficient (Wildman–Crippen LogP) is 2.90. The van der Waals surface area contributed by atoms with E-state index in [4.69, 9.17) is 4.84 Å². The van der Waals surface area contributed by atoms with Gasteiger partial charge in [0, 0.05) is 5.92 Å². The average Bonchev–Trinajstić information content (AvgIpc) is 3.16. The zero-order chi connectivity index (χ0) is 13.3. The van der Waals surface area contributed by atoms with Gasteiger partial charge in [0.1, 0.15) is 5.92 Å². The van der Waals surface area contributed by atoms with Crippen molar-refractivity contribution in [2.75, 3.05) is 0 Å². The molecule has 2 fully saturated rings. The van der Waals surface area contributed by atoms with Crippen molar-refractivity contribution < 1.29 is 9.63 Å². The van der Waals surface area contributed by atoms with Crippen LogP contribution < -0.4 is 0 Å². The molecule has 3 aliphatic carbocycles. The highest BCUT2D eigenvalue weighted by atomic mass is 16.7. The summed E-state index contributed by atoms with van der Waals surface area (Å²) in [7, 11) is 0. The Labute approximate surface area is 118 Å². The fraction of sp³-hybridized carbons (Fsp3) is 0.529. The van der Waals surface area contributed by atoms with E-state index in [1.54, 1.807) is 0 Å². The lowest BCUT2D eigenvalue weighted by atomic mass is 9.59. The summed E-state index contributed by atoms with van der Waals surface area (Å²) in [4.78, 5) is 17.1. The van der Waals surface area contributed by atoms with Crippen LogP contribution in [-0.4, -0.2) is 11.7 Å². The number of hydrogen-bond donors (Lipinski definition) is 0. The second-order valence-corrected chi connectivity index (χ2v) is 6.75. The van der Waals surface area contributed by atoms with Gasteiger partial charge in [-0.15, -0.1) is 0 Å². The Hall–Kier alpha value is -1.64. The first-order valence-corrected chi connectivity index (χ1v) is 7.69. The van der Waals surface area contributed by atoms with Crippen molar-refractivity contribution in [3.8, 4) is 0 Å². The van der Waals surface area contributed by atoms with Crippen LogP contribution in [0.2, 0.25) is 0 Å². The molecule has 0 radical (unpaired) electrons. The summed E-state index contributed by atoms with van der Waals surface area (Å²) >= 11 is 0. The van der Waals surface area contributed by atoms with Crippen molar-refractivity contribution in [3.63, 3.8) is 0 Å². The van der Waals surface area contributed by atoms with Gasteiger partial charge in [0.2, 0.25) is 0 Å². The number of carbonyl (C=O) groups is 1. The molecule has 3 heteroatoms. The van der Waals surface area contributed by atoms with Gasteiger partial charge >= 0.3 is 5.97 Å². The number of benzene rings is 1. The Bertz CT molecular complexity index is 632. The minimum atomic E-state index is -0.0914. The smallest absolute Gasteiger partial charge is 0.318 e. The second kappa shape index (κ2) is 3.72. The van der Waals surface area contributed by atoms with Crippen LogP contribution in [0.3, 0.4) is 0 Å². The molecular weight excluding hydrogens is 250 g/mol. The van der Waals surface area contributed by atoms with E-state index < -0.39 is 0 Å². The van der Waals surface area contributed by atoms with Gasteiger partial charge in [-0.05, 0) is 54.6 Å². The van der Waals surface area contributed by atoms with Crippen molar-refractivity contribution in [1.29, 1.82) is 0 Å². The Kier molecular flexibility index (Phi) is 2.06. The number of hydrogen-bond acceptors (Lipinski definition) is 3. The van der Waals surface area contributed by atoms with Gasteiger partial charge in [0.15, 0.2) is 0 Å². The highest BCUT2D eigenvalue weighted by Gasteiger charge is 2.56. The van der Waals surface area contributed by atoms with E-state index in [1.807, 2.05) is 0 Å². The molecule has 0 saturated heterocycles. The zero-order valence-corrected chi connectivity index (χ0v) is 11.3. The van der Waals surface area contributed by atoms with Crippen LogP contribution in [0.15, 0.2) is 29.4 Å². The highest BCUT2D eigenvalue weighted by molar-refractivity contribution is 6.07. The van der Waals surface area contributed by atoms with E-state index in [0.29, 0.717) is 23.7 Å². The fourth-order valence-corrected chi connectivity index (χ4v) is 4.55. The molecule has 1 heterocycles. The molecule has 1 aliphatic heterocycles. The maximum absolute atomic E-state index is 12.1. The molecule has 3 nitrogen and oxygen atoms in total.